The first-order valence-electron chi connectivity index (χ1n) is 5.77. The van der Waals surface area contributed by atoms with Crippen molar-refractivity contribution in [2.24, 2.45) is 5.73 Å². The number of hydrogen-bond acceptors (Lipinski definition) is 3. The highest BCUT2D eigenvalue weighted by molar-refractivity contribution is 5.49. The van der Waals surface area contributed by atoms with Crippen LogP contribution in [-0.2, 0) is 12.8 Å². The molecule has 0 bridgehead atoms. The lowest BCUT2D eigenvalue weighted by Gasteiger charge is -2.21. The number of hydrogen-bond donors (Lipinski definition) is 2. The fourth-order valence-corrected chi connectivity index (χ4v) is 2.44. The number of fused-ring (bicyclic) bond motifs is 1. The highest BCUT2D eigenvalue weighted by Crippen LogP contribution is 2.36. The maximum atomic E-state index is 10.2. The standard InChI is InChI=1S/C13H19NO2/c1-8(14)13(15)12-10-5-3-4-9(10)6-7-11(12)16-2/h6-8,13,15H,3-5,14H2,1-2H3. The number of ether oxygens (including phenoxy) is 1. The van der Waals surface area contributed by atoms with Crippen molar-refractivity contribution in [3.8, 4) is 5.75 Å². The number of aliphatic hydroxyl groups excluding tert-OH is 1. The average molecular weight is 221 g/mol. The van der Waals surface area contributed by atoms with Gasteiger partial charge in [0.15, 0.2) is 0 Å². The summed E-state index contributed by atoms with van der Waals surface area (Å²) in [5, 5.41) is 10.2. The maximum absolute atomic E-state index is 10.2. The van der Waals surface area contributed by atoms with Crippen LogP contribution in [0.25, 0.3) is 0 Å². The molecule has 0 saturated heterocycles. The van der Waals surface area contributed by atoms with Gasteiger partial charge in [0.05, 0.1) is 13.2 Å². The predicted molar refractivity (Wildman–Crippen MR) is 63.6 cm³/mol. The summed E-state index contributed by atoms with van der Waals surface area (Å²) in [6.07, 6.45) is 2.63. The minimum absolute atomic E-state index is 0.277. The molecule has 2 atom stereocenters. The van der Waals surface area contributed by atoms with E-state index in [9.17, 15) is 5.11 Å². The summed E-state index contributed by atoms with van der Waals surface area (Å²) in [6, 6.07) is 3.75. The molecular formula is C13H19NO2. The Labute approximate surface area is 96.2 Å². The minimum atomic E-state index is -0.636. The Kier molecular flexibility index (Phi) is 3.17. The molecule has 1 aliphatic carbocycles. The summed E-state index contributed by atoms with van der Waals surface area (Å²) in [5.74, 6) is 0.755. The molecule has 0 spiro atoms. The maximum Gasteiger partial charge on any atom is 0.125 e. The van der Waals surface area contributed by atoms with Crippen LogP contribution in [0.4, 0.5) is 0 Å². The Balaban J connectivity index is 2.51. The average Bonchev–Trinajstić information content (AvgIpc) is 2.74. The van der Waals surface area contributed by atoms with E-state index in [0.717, 1.165) is 30.6 Å². The van der Waals surface area contributed by atoms with Crippen LogP contribution >= 0.6 is 0 Å². The van der Waals surface area contributed by atoms with E-state index in [1.165, 1.54) is 11.1 Å². The van der Waals surface area contributed by atoms with Crippen molar-refractivity contribution in [3.63, 3.8) is 0 Å². The Morgan fingerprint density at radius 1 is 1.38 bits per heavy atom. The van der Waals surface area contributed by atoms with Gasteiger partial charge in [-0.15, -0.1) is 0 Å². The fourth-order valence-electron chi connectivity index (χ4n) is 2.44. The van der Waals surface area contributed by atoms with Crippen molar-refractivity contribution in [2.75, 3.05) is 7.11 Å². The van der Waals surface area contributed by atoms with E-state index in [-0.39, 0.29) is 6.04 Å². The van der Waals surface area contributed by atoms with Crippen molar-refractivity contribution in [1.82, 2.24) is 0 Å². The van der Waals surface area contributed by atoms with Gasteiger partial charge in [0.2, 0.25) is 0 Å². The van der Waals surface area contributed by atoms with Gasteiger partial charge in [0.25, 0.3) is 0 Å². The SMILES string of the molecule is COc1ccc2c(c1C(O)C(C)N)CCC2. The first kappa shape index (κ1) is 11.4. The highest BCUT2D eigenvalue weighted by Gasteiger charge is 2.25. The van der Waals surface area contributed by atoms with Crippen LogP contribution < -0.4 is 10.5 Å². The monoisotopic (exact) mass is 221 g/mol. The van der Waals surface area contributed by atoms with Gasteiger partial charge in [-0.2, -0.15) is 0 Å². The second kappa shape index (κ2) is 4.44. The van der Waals surface area contributed by atoms with Gasteiger partial charge in [0.1, 0.15) is 5.75 Å². The van der Waals surface area contributed by atoms with Gasteiger partial charge in [-0.25, -0.2) is 0 Å². The van der Waals surface area contributed by atoms with Crippen molar-refractivity contribution in [1.29, 1.82) is 0 Å². The third kappa shape index (κ3) is 1.81. The largest absolute Gasteiger partial charge is 0.496 e. The molecule has 1 aliphatic rings. The lowest BCUT2D eigenvalue weighted by Crippen LogP contribution is -2.25. The van der Waals surface area contributed by atoms with E-state index in [1.54, 1.807) is 7.11 Å². The topological polar surface area (TPSA) is 55.5 Å². The molecule has 0 fully saturated rings. The molecule has 0 aromatic heterocycles. The molecule has 16 heavy (non-hydrogen) atoms. The summed E-state index contributed by atoms with van der Waals surface area (Å²) in [7, 11) is 1.63. The molecule has 88 valence electrons. The van der Waals surface area contributed by atoms with Crippen molar-refractivity contribution in [2.45, 2.75) is 38.3 Å². The second-order valence-electron chi connectivity index (χ2n) is 4.48. The summed E-state index contributed by atoms with van der Waals surface area (Å²) in [4.78, 5) is 0. The number of rotatable bonds is 3. The quantitative estimate of drug-likeness (QED) is 0.814. The van der Waals surface area contributed by atoms with E-state index in [2.05, 4.69) is 6.07 Å². The molecular weight excluding hydrogens is 202 g/mol. The molecule has 1 aromatic rings. The lowest BCUT2D eigenvalue weighted by molar-refractivity contribution is 0.148. The first-order chi connectivity index (χ1) is 7.65. The van der Waals surface area contributed by atoms with E-state index in [4.69, 9.17) is 10.5 Å². The van der Waals surface area contributed by atoms with E-state index in [1.807, 2.05) is 13.0 Å². The van der Waals surface area contributed by atoms with Crippen LogP contribution in [0.5, 0.6) is 5.75 Å². The smallest absolute Gasteiger partial charge is 0.125 e. The molecule has 0 amide bonds. The van der Waals surface area contributed by atoms with Crippen LogP contribution in [0.1, 0.15) is 36.1 Å². The molecule has 2 unspecified atom stereocenters. The summed E-state index contributed by atoms with van der Waals surface area (Å²) >= 11 is 0. The van der Waals surface area contributed by atoms with Crippen molar-refractivity contribution in [3.05, 3.63) is 28.8 Å². The Hall–Kier alpha value is -1.06. The molecule has 2 rings (SSSR count). The number of aryl methyl sites for hydroxylation is 1. The van der Waals surface area contributed by atoms with Crippen LogP contribution in [0.3, 0.4) is 0 Å². The van der Waals surface area contributed by atoms with Crippen LogP contribution in [0.15, 0.2) is 12.1 Å². The molecule has 3 nitrogen and oxygen atoms in total. The number of aliphatic hydroxyl groups is 1. The molecule has 0 aliphatic heterocycles. The minimum Gasteiger partial charge on any atom is -0.496 e. The predicted octanol–water partition coefficient (Wildman–Crippen LogP) is 1.56. The highest BCUT2D eigenvalue weighted by atomic mass is 16.5. The molecule has 0 heterocycles. The Morgan fingerprint density at radius 3 is 2.75 bits per heavy atom. The normalized spacial score (nSPS) is 18.0. The van der Waals surface area contributed by atoms with Gasteiger partial charge < -0.3 is 15.6 Å². The van der Waals surface area contributed by atoms with Crippen LogP contribution in [0, 0.1) is 0 Å². The fraction of sp³-hybridized carbons (Fsp3) is 0.538. The van der Waals surface area contributed by atoms with Crippen molar-refractivity contribution >= 4 is 0 Å². The Morgan fingerprint density at radius 2 is 2.12 bits per heavy atom. The van der Waals surface area contributed by atoms with Gasteiger partial charge in [0, 0.05) is 11.6 Å². The van der Waals surface area contributed by atoms with E-state index in [0.29, 0.717) is 0 Å². The molecule has 0 radical (unpaired) electrons. The van der Waals surface area contributed by atoms with Gasteiger partial charge in [-0.05, 0) is 43.4 Å². The van der Waals surface area contributed by atoms with Crippen LogP contribution in [0.2, 0.25) is 0 Å². The summed E-state index contributed by atoms with van der Waals surface area (Å²) in [6.45, 7) is 1.82. The van der Waals surface area contributed by atoms with Gasteiger partial charge in [-0.1, -0.05) is 6.07 Å². The molecule has 3 heteroatoms. The number of benzene rings is 1. The van der Waals surface area contributed by atoms with Crippen molar-refractivity contribution < 1.29 is 9.84 Å². The number of methoxy groups -OCH3 is 1. The zero-order valence-corrected chi connectivity index (χ0v) is 9.86. The summed E-state index contributed by atoms with van der Waals surface area (Å²) < 4.78 is 5.33. The van der Waals surface area contributed by atoms with E-state index < -0.39 is 6.10 Å². The van der Waals surface area contributed by atoms with Gasteiger partial charge in [-0.3, -0.25) is 0 Å². The molecule has 0 saturated carbocycles. The first-order valence-corrected chi connectivity index (χ1v) is 5.77. The second-order valence-corrected chi connectivity index (χ2v) is 4.48. The van der Waals surface area contributed by atoms with Gasteiger partial charge >= 0.3 is 0 Å². The number of nitrogens with two attached hydrogens (primary N) is 1. The lowest BCUT2D eigenvalue weighted by atomic mass is 9.94. The van der Waals surface area contributed by atoms with E-state index >= 15 is 0 Å². The Bertz CT molecular complexity index is 388. The molecule has 1 aromatic carbocycles. The zero-order valence-electron chi connectivity index (χ0n) is 9.86. The third-order valence-corrected chi connectivity index (χ3v) is 3.30. The van der Waals surface area contributed by atoms with Crippen LogP contribution in [-0.4, -0.2) is 18.3 Å². The summed E-state index contributed by atoms with van der Waals surface area (Å²) in [5.41, 5.74) is 9.25. The zero-order chi connectivity index (χ0) is 11.7. The molecule has 3 N–H and O–H groups in total. The third-order valence-electron chi connectivity index (χ3n) is 3.30.